The molecule has 0 amide bonds. The van der Waals surface area contributed by atoms with Crippen molar-refractivity contribution in [1.82, 2.24) is 5.32 Å². The van der Waals surface area contributed by atoms with Crippen molar-refractivity contribution >= 4 is 0 Å². The smallest absolute Gasteiger partial charge is 0.108 e. The van der Waals surface area contributed by atoms with Gasteiger partial charge >= 0.3 is 0 Å². The lowest BCUT2D eigenvalue weighted by Crippen LogP contribution is -2.38. The number of nitrogens with one attached hydrogen (secondary N) is 1. The predicted octanol–water partition coefficient (Wildman–Crippen LogP) is 3.93. The number of hydrogen-bond donors (Lipinski definition) is 1. The lowest BCUT2D eigenvalue weighted by atomic mass is 10.0. The summed E-state index contributed by atoms with van der Waals surface area (Å²) in [5.74, 6) is 0. The lowest BCUT2D eigenvalue weighted by molar-refractivity contribution is 0.0566. The van der Waals surface area contributed by atoms with Crippen LogP contribution in [0.5, 0.6) is 0 Å². The third-order valence-electron chi connectivity index (χ3n) is 4.08. The molecule has 0 saturated carbocycles. The Morgan fingerprint density at radius 2 is 1.52 bits per heavy atom. The molecule has 3 rings (SSSR count). The monoisotopic (exact) mass is 281 g/mol. The van der Waals surface area contributed by atoms with Gasteiger partial charge in [0.1, 0.15) is 6.10 Å². The molecule has 1 fully saturated rings. The molecule has 2 heteroatoms. The van der Waals surface area contributed by atoms with E-state index in [1.165, 1.54) is 30.4 Å². The highest BCUT2D eigenvalue weighted by molar-refractivity contribution is 5.29. The molecule has 21 heavy (non-hydrogen) atoms. The molecule has 1 aliphatic rings. The second-order valence-electron chi connectivity index (χ2n) is 5.68. The molecular weight excluding hydrogens is 258 g/mol. The van der Waals surface area contributed by atoms with E-state index in [4.69, 9.17) is 4.74 Å². The van der Waals surface area contributed by atoms with Crippen molar-refractivity contribution in [1.29, 1.82) is 0 Å². The SMILES string of the molecule is c1ccc(C(OC[C@H]2CCCCN2)c2ccccc2)cc1. The van der Waals surface area contributed by atoms with E-state index in [2.05, 4.69) is 53.8 Å². The molecule has 0 aromatic heterocycles. The molecule has 0 radical (unpaired) electrons. The van der Waals surface area contributed by atoms with Crippen LogP contribution < -0.4 is 5.32 Å². The van der Waals surface area contributed by atoms with Crippen molar-refractivity contribution in [3.63, 3.8) is 0 Å². The summed E-state index contributed by atoms with van der Waals surface area (Å²) in [5, 5.41) is 3.55. The molecule has 110 valence electrons. The number of hydrogen-bond acceptors (Lipinski definition) is 2. The summed E-state index contributed by atoms with van der Waals surface area (Å²) in [6.07, 6.45) is 3.84. The summed E-state index contributed by atoms with van der Waals surface area (Å²) in [7, 11) is 0. The highest BCUT2D eigenvalue weighted by Crippen LogP contribution is 2.26. The van der Waals surface area contributed by atoms with Gasteiger partial charge in [0, 0.05) is 6.04 Å². The van der Waals surface area contributed by atoms with Crippen LogP contribution in [0.15, 0.2) is 60.7 Å². The Bertz CT molecular complexity index is 480. The highest BCUT2D eigenvalue weighted by Gasteiger charge is 2.18. The maximum Gasteiger partial charge on any atom is 0.108 e. The zero-order chi connectivity index (χ0) is 14.3. The van der Waals surface area contributed by atoms with E-state index in [9.17, 15) is 0 Å². The molecule has 1 heterocycles. The van der Waals surface area contributed by atoms with Gasteiger partial charge in [-0.1, -0.05) is 67.1 Å². The molecule has 1 saturated heterocycles. The van der Waals surface area contributed by atoms with Crippen molar-refractivity contribution in [2.45, 2.75) is 31.4 Å². The van der Waals surface area contributed by atoms with Crippen molar-refractivity contribution in [2.75, 3.05) is 13.2 Å². The van der Waals surface area contributed by atoms with Crippen LogP contribution in [0, 0.1) is 0 Å². The van der Waals surface area contributed by atoms with E-state index >= 15 is 0 Å². The fourth-order valence-corrected chi connectivity index (χ4v) is 2.92. The van der Waals surface area contributed by atoms with E-state index in [-0.39, 0.29) is 6.10 Å². The van der Waals surface area contributed by atoms with Gasteiger partial charge in [-0.05, 0) is 30.5 Å². The second kappa shape index (κ2) is 7.39. The predicted molar refractivity (Wildman–Crippen MR) is 86.3 cm³/mol. The van der Waals surface area contributed by atoms with Crippen molar-refractivity contribution in [3.8, 4) is 0 Å². The number of ether oxygens (including phenoxy) is 1. The Hall–Kier alpha value is -1.64. The molecule has 1 aliphatic heterocycles. The first-order valence-corrected chi connectivity index (χ1v) is 7.88. The van der Waals surface area contributed by atoms with E-state index in [0.29, 0.717) is 6.04 Å². The van der Waals surface area contributed by atoms with E-state index in [1.54, 1.807) is 0 Å². The average molecular weight is 281 g/mol. The van der Waals surface area contributed by atoms with Gasteiger partial charge in [0.05, 0.1) is 6.61 Å². The minimum Gasteiger partial charge on any atom is -0.367 e. The van der Waals surface area contributed by atoms with Crippen LogP contribution in [0.4, 0.5) is 0 Å². The quantitative estimate of drug-likeness (QED) is 0.896. The van der Waals surface area contributed by atoms with Crippen molar-refractivity contribution in [3.05, 3.63) is 71.8 Å². The van der Waals surface area contributed by atoms with Crippen LogP contribution in [-0.4, -0.2) is 19.2 Å². The Labute approximate surface area is 127 Å². The first kappa shape index (κ1) is 14.3. The van der Waals surface area contributed by atoms with Crippen molar-refractivity contribution in [2.24, 2.45) is 0 Å². The second-order valence-corrected chi connectivity index (χ2v) is 5.68. The third kappa shape index (κ3) is 3.93. The molecule has 1 atom stereocenters. The van der Waals surface area contributed by atoms with Crippen LogP contribution in [-0.2, 0) is 4.74 Å². The maximum atomic E-state index is 6.29. The van der Waals surface area contributed by atoms with E-state index < -0.39 is 0 Å². The van der Waals surface area contributed by atoms with Gasteiger partial charge in [-0.15, -0.1) is 0 Å². The van der Waals surface area contributed by atoms with Gasteiger partial charge in [0.2, 0.25) is 0 Å². The van der Waals surface area contributed by atoms with Crippen LogP contribution in [0.25, 0.3) is 0 Å². The summed E-state index contributed by atoms with van der Waals surface area (Å²) < 4.78 is 6.29. The largest absolute Gasteiger partial charge is 0.367 e. The average Bonchev–Trinajstić information content (AvgIpc) is 2.58. The fourth-order valence-electron chi connectivity index (χ4n) is 2.92. The van der Waals surface area contributed by atoms with Gasteiger partial charge in [0.25, 0.3) is 0 Å². The van der Waals surface area contributed by atoms with Crippen molar-refractivity contribution < 1.29 is 4.74 Å². The Morgan fingerprint density at radius 3 is 2.05 bits per heavy atom. The standard InChI is InChI=1S/C19H23NO/c1-3-9-16(10-4-1)19(17-11-5-2-6-12-17)21-15-18-13-7-8-14-20-18/h1-6,9-12,18-20H,7-8,13-15H2/t18-/m1/s1. The molecule has 2 aromatic rings. The topological polar surface area (TPSA) is 21.3 Å². The Kier molecular flexibility index (Phi) is 5.03. The van der Waals surface area contributed by atoms with Gasteiger partial charge in [-0.25, -0.2) is 0 Å². The summed E-state index contributed by atoms with van der Waals surface area (Å²) in [4.78, 5) is 0. The van der Waals surface area contributed by atoms with E-state index in [1.807, 2.05) is 12.1 Å². The van der Waals surface area contributed by atoms with E-state index in [0.717, 1.165) is 13.2 Å². The van der Waals surface area contributed by atoms with Crippen LogP contribution in [0.3, 0.4) is 0 Å². The minimum atomic E-state index is 0.0242. The number of rotatable bonds is 5. The first-order valence-electron chi connectivity index (χ1n) is 7.88. The fraction of sp³-hybridized carbons (Fsp3) is 0.368. The van der Waals surface area contributed by atoms with Crippen LogP contribution in [0.2, 0.25) is 0 Å². The summed E-state index contributed by atoms with van der Waals surface area (Å²) >= 11 is 0. The molecule has 2 aromatic carbocycles. The lowest BCUT2D eigenvalue weighted by Gasteiger charge is -2.26. The zero-order valence-corrected chi connectivity index (χ0v) is 12.4. The normalized spacial score (nSPS) is 18.8. The summed E-state index contributed by atoms with van der Waals surface area (Å²) in [5.41, 5.74) is 2.44. The molecule has 0 aliphatic carbocycles. The van der Waals surface area contributed by atoms with Gasteiger partial charge in [-0.2, -0.15) is 0 Å². The minimum absolute atomic E-state index is 0.0242. The Morgan fingerprint density at radius 1 is 0.905 bits per heavy atom. The number of benzene rings is 2. The number of piperidine rings is 1. The maximum absolute atomic E-state index is 6.29. The first-order chi connectivity index (χ1) is 10.4. The molecular formula is C19H23NO. The summed E-state index contributed by atoms with van der Waals surface area (Å²) in [6.45, 7) is 1.89. The summed E-state index contributed by atoms with van der Waals surface area (Å²) in [6, 6.07) is 21.5. The molecule has 2 nitrogen and oxygen atoms in total. The van der Waals surface area contributed by atoms with Gasteiger partial charge in [-0.3, -0.25) is 0 Å². The third-order valence-corrected chi connectivity index (χ3v) is 4.08. The van der Waals surface area contributed by atoms with Crippen LogP contribution >= 0.6 is 0 Å². The highest BCUT2D eigenvalue weighted by atomic mass is 16.5. The van der Waals surface area contributed by atoms with Gasteiger partial charge < -0.3 is 10.1 Å². The molecule has 0 bridgehead atoms. The van der Waals surface area contributed by atoms with Gasteiger partial charge in [0.15, 0.2) is 0 Å². The zero-order valence-electron chi connectivity index (χ0n) is 12.4. The molecule has 0 spiro atoms. The Balaban J connectivity index is 1.73. The molecule has 0 unspecified atom stereocenters. The van der Waals surface area contributed by atoms with Crippen LogP contribution in [0.1, 0.15) is 36.5 Å². The molecule has 1 N–H and O–H groups in total.